The van der Waals surface area contributed by atoms with E-state index in [2.05, 4.69) is 0 Å². The van der Waals surface area contributed by atoms with E-state index in [9.17, 15) is 19.8 Å². The second-order valence-electron chi connectivity index (χ2n) is 4.42. The zero-order valence-corrected chi connectivity index (χ0v) is 10.4. The minimum absolute atomic E-state index is 0.0528. The van der Waals surface area contributed by atoms with Gasteiger partial charge in [-0.25, -0.2) is 4.79 Å². The fourth-order valence-electron chi connectivity index (χ4n) is 2.08. The minimum atomic E-state index is -1.23. The van der Waals surface area contributed by atoms with E-state index in [4.69, 9.17) is 10.2 Å². The van der Waals surface area contributed by atoms with Gasteiger partial charge in [0.15, 0.2) is 5.88 Å². The summed E-state index contributed by atoms with van der Waals surface area (Å²) in [6.45, 7) is 0. The van der Waals surface area contributed by atoms with E-state index in [-0.39, 0.29) is 24.5 Å². The van der Waals surface area contributed by atoms with Crippen LogP contribution in [0.25, 0.3) is 10.8 Å². The number of hydrogen-bond acceptors (Lipinski definition) is 4. The summed E-state index contributed by atoms with van der Waals surface area (Å²) in [5.74, 6) is -2.70. The fraction of sp³-hybridized carbons (Fsp3) is 0.231. The second-order valence-corrected chi connectivity index (χ2v) is 4.42. The van der Waals surface area contributed by atoms with Crippen molar-refractivity contribution >= 4 is 22.7 Å². The van der Waals surface area contributed by atoms with Gasteiger partial charge in [0.2, 0.25) is 0 Å². The first-order valence-corrected chi connectivity index (χ1v) is 5.87. The van der Waals surface area contributed by atoms with Crippen molar-refractivity contribution in [3.63, 3.8) is 0 Å². The van der Waals surface area contributed by atoms with Crippen LogP contribution >= 0.6 is 0 Å². The fourth-order valence-corrected chi connectivity index (χ4v) is 2.08. The molecule has 1 unspecified atom stereocenters. The predicted octanol–water partition coefficient (Wildman–Crippen LogP) is 1.54. The lowest BCUT2D eigenvalue weighted by Crippen LogP contribution is -2.19. The highest BCUT2D eigenvalue weighted by atomic mass is 16.4. The highest BCUT2D eigenvalue weighted by Crippen LogP contribution is 2.33. The minimum Gasteiger partial charge on any atom is -0.508 e. The molecule has 1 aromatic heterocycles. The van der Waals surface area contributed by atoms with Gasteiger partial charge in [0.25, 0.3) is 0 Å². The Labute approximate surface area is 113 Å². The van der Waals surface area contributed by atoms with E-state index >= 15 is 0 Å². The number of aromatic nitrogens is 1. The maximum Gasteiger partial charge on any atom is 0.326 e. The third-order valence-corrected chi connectivity index (χ3v) is 3.05. The van der Waals surface area contributed by atoms with Crippen LogP contribution in [-0.2, 0) is 9.59 Å². The second kappa shape index (κ2) is 5.12. The molecule has 1 atom stereocenters. The van der Waals surface area contributed by atoms with Crippen molar-refractivity contribution in [1.29, 1.82) is 0 Å². The van der Waals surface area contributed by atoms with Gasteiger partial charge in [-0.05, 0) is 24.6 Å². The summed E-state index contributed by atoms with van der Waals surface area (Å²) >= 11 is 0. The van der Waals surface area contributed by atoms with Crippen LogP contribution < -0.4 is 0 Å². The van der Waals surface area contributed by atoms with Crippen LogP contribution in [0.5, 0.6) is 11.6 Å². The number of carbonyl (C=O) groups is 2. The molecular weight excluding hydrogens is 266 g/mol. The van der Waals surface area contributed by atoms with Crippen LogP contribution in [-0.4, -0.2) is 36.9 Å². The number of phenolic OH excluding ortho intramolecular Hbond substituents is 1. The maximum atomic E-state index is 11.2. The molecule has 0 aliphatic heterocycles. The topological polar surface area (TPSA) is 120 Å². The number of carboxylic acids is 2. The van der Waals surface area contributed by atoms with Crippen molar-refractivity contribution in [2.24, 2.45) is 0 Å². The Morgan fingerprint density at radius 2 is 1.90 bits per heavy atom. The summed E-state index contributed by atoms with van der Waals surface area (Å²) < 4.78 is 1.11. The number of nitrogens with zero attached hydrogens (tertiary/aromatic N) is 1. The van der Waals surface area contributed by atoms with Gasteiger partial charge >= 0.3 is 11.9 Å². The Kier molecular flexibility index (Phi) is 3.51. The molecule has 2 rings (SSSR count). The summed E-state index contributed by atoms with van der Waals surface area (Å²) in [5, 5.41) is 38.1. The first-order chi connectivity index (χ1) is 9.40. The summed E-state index contributed by atoms with van der Waals surface area (Å²) in [5.41, 5.74) is 0. The van der Waals surface area contributed by atoms with Gasteiger partial charge in [-0.15, -0.1) is 0 Å². The number of aromatic hydroxyl groups is 2. The lowest BCUT2D eigenvalue weighted by Gasteiger charge is -2.14. The first-order valence-electron chi connectivity index (χ1n) is 5.87. The largest absolute Gasteiger partial charge is 0.508 e. The number of benzene rings is 1. The van der Waals surface area contributed by atoms with Gasteiger partial charge in [-0.2, -0.15) is 0 Å². The van der Waals surface area contributed by atoms with E-state index in [1.807, 2.05) is 0 Å². The van der Waals surface area contributed by atoms with Crippen molar-refractivity contribution < 1.29 is 30.0 Å². The van der Waals surface area contributed by atoms with E-state index in [0.717, 1.165) is 4.57 Å². The molecule has 4 N–H and O–H groups in total. The van der Waals surface area contributed by atoms with Gasteiger partial charge < -0.3 is 25.0 Å². The van der Waals surface area contributed by atoms with Crippen LogP contribution in [0.1, 0.15) is 18.9 Å². The Bertz CT molecular complexity index is 675. The van der Waals surface area contributed by atoms with Crippen molar-refractivity contribution in [1.82, 2.24) is 4.57 Å². The van der Waals surface area contributed by atoms with E-state index < -0.39 is 18.0 Å². The first kappa shape index (κ1) is 13.7. The van der Waals surface area contributed by atoms with Crippen molar-refractivity contribution in [3.8, 4) is 11.6 Å². The molecule has 2 aromatic rings. The molecule has 7 heteroatoms. The zero-order valence-electron chi connectivity index (χ0n) is 10.4. The van der Waals surface area contributed by atoms with E-state index in [1.165, 1.54) is 24.4 Å². The number of rotatable bonds is 5. The summed E-state index contributed by atoms with van der Waals surface area (Å²) in [7, 11) is 0. The van der Waals surface area contributed by atoms with Gasteiger partial charge in [-0.1, -0.05) is 0 Å². The van der Waals surface area contributed by atoms with Crippen LogP contribution in [0, 0.1) is 0 Å². The number of carboxylic acid groups (broad SMARTS) is 2. The molecule has 1 heterocycles. The molecule has 0 spiro atoms. The van der Waals surface area contributed by atoms with Gasteiger partial charge in [0, 0.05) is 23.4 Å². The van der Waals surface area contributed by atoms with Crippen LogP contribution in [0.2, 0.25) is 0 Å². The molecule has 0 saturated carbocycles. The smallest absolute Gasteiger partial charge is 0.326 e. The monoisotopic (exact) mass is 279 g/mol. The van der Waals surface area contributed by atoms with Crippen molar-refractivity contribution in [3.05, 3.63) is 24.4 Å². The molecule has 0 fully saturated rings. The maximum absolute atomic E-state index is 11.2. The molecule has 0 aliphatic carbocycles. The molecule has 0 aliphatic rings. The van der Waals surface area contributed by atoms with E-state index in [1.54, 1.807) is 0 Å². The predicted molar refractivity (Wildman–Crippen MR) is 68.8 cm³/mol. The van der Waals surface area contributed by atoms with Crippen molar-refractivity contribution in [2.75, 3.05) is 0 Å². The SMILES string of the molecule is O=C(O)CCC(C(=O)O)n1cc2ccc(O)cc2c1O. The number of fused-ring (bicyclic) bond motifs is 1. The Balaban J connectivity index is 2.45. The molecule has 7 nitrogen and oxygen atoms in total. The zero-order chi connectivity index (χ0) is 14.9. The third-order valence-electron chi connectivity index (χ3n) is 3.05. The normalized spacial score (nSPS) is 12.4. The molecule has 0 amide bonds. The lowest BCUT2D eigenvalue weighted by atomic mass is 10.1. The third kappa shape index (κ3) is 2.51. The molecule has 0 bridgehead atoms. The Hall–Kier alpha value is -2.70. The van der Waals surface area contributed by atoms with Crippen LogP contribution in [0.4, 0.5) is 0 Å². The quantitative estimate of drug-likeness (QED) is 0.659. The highest BCUT2D eigenvalue weighted by molar-refractivity contribution is 5.90. The Morgan fingerprint density at radius 1 is 1.20 bits per heavy atom. The summed E-state index contributed by atoms with van der Waals surface area (Å²) in [4.78, 5) is 21.8. The van der Waals surface area contributed by atoms with Crippen LogP contribution in [0.3, 0.4) is 0 Å². The average molecular weight is 279 g/mol. The highest BCUT2D eigenvalue weighted by Gasteiger charge is 2.24. The van der Waals surface area contributed by atoms with Crippen LogP contribution in [0.15, 0.2) is 24.4 Å². The van der Waals surface area contributed by atoms with Crippen molar-refractivity contribution in [2.45, 2.75) is 18.9 Å². The number of phenols is 1. The molecular formula is C13H13NO6. The lowest BCUT2D eigenvalue weighted by molar-refractivity contribution is -0.142. The summed E-state index contributed by atoms with van der Waals surface area (Å²) in [6, 6.07) is 3.09. The molecule has 0 saturated heterocycles. The standard InChI is InChI=1S/C13H13NO6/c15-8-2-1-7-6-14(12(18)9(7)5-8)10(13(19)20)3-4-11(16)17/h1-2,5-6,10,15,18H,3-4H2,(H,16,17)(H,19,20). The molecule has 1 aromatic carbocycles. The van der Waals surface area contributed by atoms with Gasteiger partial charge in [-0.3, -0.25) is 4.79 Å². The number of aliphatic carboxylic acids is 2. The average Bonchev–Trinajstić information content (AvgIpc) is 2.67. The number of hydrogen-bond donors (Lipinski definition) is 4. The molecule has 20 heavy (non-hydrogen) atoms. The Morgan fingerprint density at radius 3 is 2.50 bits per heavy atom. The van der Waals surface area contributed by atoms with E-state index in [0.29, 0.717) is 10.8 Å². The summed E-state index contributed by atoms with van der Waals surface area (Å²) in [6.07, 6.45) is 0.951. The molecule has 106 valence electrons. The van der Waals surface area contributed by atoms with Gasteiger partial charge in [0.1, 0.15) is 11.8 Å². The van der Waals surface area contributed by atoms with Gasteiger partial charge in [0.05, 0.1) is 0 Å². The molecule has 0 radical (unpaired) electrons.